The Kier molecular flexibility index (Phi) is 3.96. The fourth-order valence-electron chi connectivity index (χ4n) is 1.19. The van der Waals surface area contributed by atoms with Gasteiger partial charge in [0.05, 0.1) is 0 Å². The highest BCUT2D eigenvalue weighted by molar-refractivity contribution is 6.17. The summed E-state index contributed by atoms with van der Waals surface area (Å²) in [6.45, 7) is 0.515. The molecule has 2 amide bonds. The number of hydrogen-bond donors (Lipinski definition) is 0. The van der Waals surface area contributed by atoms with E-state index < -0.39 is 0 Å². The molecule has 0 aromatic rings. The molecule has 0 aromatic carbocycles. The van der Waals surface area contributed by atoms with Crippen LogP contribution in [-0.2, 0) is 9.59 Å². The molecule has 1 rings (SSSR count). The van der Waals surface area contributed by atoms with Crippen molar-refractivity contribution in [1.82, 2.24) is 4.90 Å². The number of rotatable bonds is 5. The van der Waals surface area contributed by atoms with E-state index in [1.807, 2.05) is 0 Å². The summed E-state index contributed by atoms with van der Waals surface area (Å²) in [5, 5.41) is 0. The maximum Gasteiger partial charge on any atom is 0.253 e. The summed E-state index contributed by atoms with van der Waals surface area (Å²) in [5.74, 6) is 0.243. The van der Waals surface area contributed by atoms with Crippen LogP contribution in [-0.4, -0.2) is 29.1 Å². The standard InChI is InChI=1S/C9H12ClNO2/c10-6-2-1-3-7-11-8(12)4-5-9(11)13/h4-5H,1-3,6-7H2. The molecule has 0 spiro atoms. The molecule has 1 heterocycles. The number of carbonyl (C=O) groups is 2. The number of unbranched alkanes of at least 4 members (excludes halogenated alkanes) is 2. The molecule has 72 valence electrons. The second kappa shape index (κ2) is 5.02. The molecule has 0 atom stereocenters. The number of imide groups is 1. The molecule has 0 fully saturated rings. The molecule has 0 unspecified atom stereocenters. The Morgan fingerprint density at radius 1 is 1.08 bits per heavy atom. The van der Waals surface area contributed by atoms with E-state index in [1.54, 1.807) is 0 Å². The van der Waals surface area contributed by atoms with E-state index in [0.717, 1.165) is 19.3 Å². The smallest absolute Gasteiger partial charge is 0.253 e. The van der Waals surface area contributed by atoms with Gasteiger partial charge >= 0.3 is 0 Å². The second-order valence-corrected chi connectivity index (χ2v) is 3.29. The topological polar surface area (TPSA) is 37.4 Å². The predicted molar refractivity (Wildman–Crippen MR) is 50.4 cm³/mol. The van der Waals surface area contributed by atoms with Crippen LogP contribution in [0.4, 0.5) is 0 Å². The van der Waals surface area contributed by atoms with Gasteiger partial charge in [-0.15, -0.1) is 11.6 Å². The van der Waals surface area contributed by atoms with E-state index >= 15 is 0 Å². The minimum Gasteiger partial charge on any atom is -0.275 e. The van der Waals surface area contributed by atoms with Crippen LogP contribution in [0.15, 0.2) is 12.2 Å². The summed E-state index contributed by atoms with van der Waals surface area (Å²) >= 11 is 5.49. The monoisotopic (exact) mass is 201 g/mol. The van der Waals surface area contributed by atoms with Crippen LogP contribution in [0.2, 0.25) is 0 Å². The van der Waals surface area contributed by atoms with E-state index in [4.69, 9.17) is 11.6 Å². The lowest BCUT2D eigenvalue weighted by Crippen LogP contribution is -2.30. The summed E-state index contributed by atoms with van der Waals surface area (Å²) in [6.07, 6.45) is 5.35. The van der Waals surface area contributed by atoms with E-state index in [9.17, 15) is 9.59 Å². The minimum atomic E-state index is -0.198. The maximum absolute atomic E-state index is 11.0. The van der Waals surface area contributed by atoms with E-state index in [2.05, 4.69) is 0 Å². The van der Waals surface area contributed by atoms with Crippen LogP contribution in [0.25, 0.3) is 0 Å². The molecule has 0 saturated heterocycles. The number of nitrogens with zero attached hydrogens (tertiary/aromatic N) is 1. The Balaban J connectivity index is 2.22. The first kappa shape index (κ1) is 10.3. The van der Waals surface area contributed by atoms with Gasteiger partial charge in [-0.05, 0) is 12.8 Å². The zero-order valence-electron chi connectivity index (χ0n) is 7.33. The molecule has 13 heavy (non-hydrogen) atoms. The van der Waals surface area contributed by atoms with Gasteiger partial charge in [-0.1, -0.05) is 6.42 Å². The Morgan fingerprint density at radius 3 is 2.23 bits per heavy atom. The molecule has 0 N–H and O–H groups in total. The molecule has 4 heteroatoms. The van der Waals surface area contributed by atoms with Crippen molar-refractivity contribution in [2.75, 3.05) is 12.4 Å². The third-order valence-corrected chi connectivity index (χ3v) is 2.18. The number of hydrogen-bond acceptors (Lipinski definition) is 2. The molecule has 1 aliphatic heterocycles. The lowest BCUT2D eigenvalue weighted by molar-refractivity contribution is -0.136. The number of halogens is 1. The average Bonchev–Trinajstić information content (AvgIpc) is 2.42. The van der Waals surface area contributed by atoms with Crippen molar-refractivity contribution < 1.29 is 9.59 Å². The van der Waals surface area contributed by atoms with Crippen LogP contribution in [0.5, 0.6) is 0 Å². The van der Waals surface area contributed by atoms with Gasteiger partial charge in [-0.3, -0.25) is 14.5 Å². The fourth-order valence-corrected chi connectivity index (χ4v) is 1.38. The van der Waals surface area contributed by atoms with Crippen molar-refractivity contribution in [3.05, 3.63) is 12.2 Å². The summed E-state index contributed by atoms with van der Waals surface area (Å²) < 4.78 is 0. The summed E-state index contributed by atoms with van der Waals surface area (Å²) in [5.41, 5.74) is 0. The Bertz CT molecular complexity index is 220. The van der Waals surface area contributed by atoms with Gasteiger partial charge in [0.15, 0.2) is 0 Å². The summed E-state index contributed by atoms with van der Waals surface area (Å²) in [6, 6.07) is 0. The Morgan fingerprint density at radius 2 is 1.69 bits per heavy atom. The van der Waals surface area contributed by atoms with Crippen molar-refractivity contribution in [3.63, 3.8) is 0 Å². The van der Waals surface area contributed by atoms with Crippen LogP contribution in [0.1, 0.15) is 19.3 Å². The van der Waals surface area contributed by atoms with E-state index in [0.29, 0.717) is 12.4 Å². The fraction of sp³-hybridized carbons (Fsp3) is 0.556. The largest absolute Gasteiger partial charge is 0.275 e. The maximum atomic E-state index is 11.0. The van der Waals surface area contributed by atoms with Gasteiger partial charge in [-0.2, -0.15) is 0 Å². The van der Waals surface area contributed by atoms with Crippen molar-refractivity contribution in [3.8, 4) is 0 Å². The first-order chi connectivity index (χ1) is 6.25. The Hall–Kier alpha value is -0.830. The van der Waals surface area contributed by atoms with Gasteiger partial charge in [0.25, 0.3) is 11.8 Å². The Labute approximate surface area is 82.3 Å². The quantitative estimate of drug-likeness (QED) is 0.382. The SMILES string of the molecule is O=C1C=CC(=O)N1CCCCCCl. The highest BCUT2D eigenvalue weighted by Crippen LogP contribution is 2.06. The van der Waals surface area contributed by atoms with Crippen molar-refractivity contribution in [2.45, 2.75) is 19.3 Å². The first-order valence-corrected chi connectivity index (χ1v) is 4.88. The second-order valence-electron chi connectivity index (χ2n) is 2.91. The third kappa shape index (κ3) is 2.84. The molecular formula is C9H12ClNO2. The van der Waals surface area contributed by atoms with Gasteiger partial charge in [-0.25, -0.2) is 0 Å². The number of amides is 2. The zero-order valence-corrected chi connectivity index (χ0v) is 8.09. The van der Waals surface area contributed by atoms with Gasteiger partial charge < -0.3 is 0 Å². The first-order valence-electron chi connectivity index (χ1n) is 4.35. The number of carbonyl (C=O) groups excluding carboxylic acids is 2. The van der Waals surface area contributed by atoms with Crippen LogP contribution in [0.3, 0.4) is 0 Å². The lowest BCUT2D eigenvalue weighted by Gasteiger charge is -2.12. The molecule has 0 bridgehead atoms. The highest BCUT2D eigenvalue weighted by Gasteiger charge is 2.21. The summed E-state index contributed by atoms with van der Waals surface area (Å²) in [7, 11) is 0. The van der Waals surface area contributed by atoms with Crippen molar-refractivity contribution >= 4 is 23.4 Å². The van der Waals surface area contributed by atoms with Gasteiger partial charge in [0.2, 0.25) is 0 Å². The molecule has 0 aromatic heterocycles. The minimum absolute atomic E-state index is 0.198. The lowest BCUT2D eigenvalue weighted by atomic mass is 10.2. The van der Waals surface area contributed by atoms with Crippen LogP contribution < -0.4 is 0 Å². The van der Waals surface area contributed by atoms with Gasteiger partial charge in [0.1, 0.15) is 0 Å². The van der Waals surface area contributed by atoms with Crippen molar-refractivity contribution in [1.29, 1.82) is 0 Å². The van der Waals surface area contributed by atoms with E-state index in [-0.39, 0.29) is 11.8 Å². The van der Waals surface area contributed by atoms with E-state index in [1.165, 1.54) is 17.1 Å². The zero-order chi connectivity index (χ0) is 9.68. The molecule has 0 saturated carbocycles. The van der Waals surface area contributed by atoms with Crippen molar-refractivity contribution in [2.24, 2.45) is 0 Å². The van der Waals surface area contributed by atoms with Crippen LogP contribution >= 0.6 is 11.6 Å². The molecule has 0 radical (unpaired) electrons. The molecular weight excluding hydrogens is 190 g/mol. The third-order valence-electron chi connectivity index (χ3n) is 1.92. The summed E-state index contributed by atoms with van der Waals surface area (Å²) in [4.78, 5) is 23.3. The average molecular weight is 202 g/mol. The van der Waals surface area contributed by atoms with Crippen LogP contribution in [0, 0.1) is 0 Å². The molecule has 0 aliphatic carbocycles. The molecule has 3 nitrogen and oxygen atoms in total. The molecule has 1 aliphatic rings. The predicted octanol–water partition coefficient (Wildman–Crippen LogP) is 1.32. The normalized spacial score (nSPS) is 15.9. The number of alkyl halides is 1. The van der Waals surface area contributed by atoms with Gasteiger partial charge in [0, 0.05) is 24.6 Å². The highest BCUT2D eigenvalue weighted by atomic mass is 35.5.